The molecule has 0 amide bonds. The van der Waals surface area contributed by atoms with E-state index < -0.39 is 0 Å². The molecule has 1 nitrogen and oxygen atoms in total. The summed E-state index contributed by atoms with van der Waals surface area (Å²) in [7, 11) is 2.22. The molecule has 0 saturated carbocycles. The third kappa shape index (κ3) is 9.88. The van der Waals surface area contributed by atoms with E-state index in [2.05, 4.69) is 18.9 Å². The molecule has 1 heteroatoms. The summed E-state index contributed by atoms with van der Waals surface area (Å²) in [5, 5.41) is 0. The lowest BCUT2D eigenvalue weighted by molar-refractivity contribution is 0.344. The summed E-state index contributed by atoms with van der Waals surface area (Å²) in [6.45, 7) is 13.0. The minimum Gasteiger partial charge on any atom is -0.306 e. The fraction of sp³-hybridized carbons (Fsp3) is 1.00. The van der Waals surface area contributed by atoms with E-state index in [-0.39, 0.29) is 0 Å². The van der Waals surface area contributed by atoms with Crippen LogP contribution >= 0.6 is 0 Å². The van der Waals surface area contributed by atoms with Crippen molar-refractivity contribution in [3.8, 4) is 0 Å². The van der Waals surface area contributed by atoms with Crippen LogP contribution in [-0.2, 0) is 0 Å². The Morgan fingerprint density at radius 1 is 0.923 bits per heavy atom. The zero-order valence-electron chi connectivity index (χ0n) is 10.6. The lowest BCUT2D eigenvalue weighted by Crippen LogP contribution is -2.18. The Morgan fingerprint density at radius 3 is 2.00 bits per heavy atom. The fourth-order valence-corrected chi connectivity index (χ4v) is 1.41. The molecule has 1 saturated heterocycles. The second-order valence-corrected chi connectivity index (χ2v) is 3.34. The highest BCUT2D eigenvalue weighted by Crippen LogP contribution is 2.14. The average molecular weight is 187 g/mol. The van der Waals surface area contributed by atoms with Crippen LogP contribution in [0.4, 0.5) is 0 Å². The van der Waals surface area contributed by atoms with Crippen molar-refractivity contribution in [1.29, 1.82) is 0 Å². The molecule has 1 unspecified atom stereocenters. The molecule has 0 aromatic carbocycles. The Balaban J connectivity index is 0. The highest BCUT2D eigenvalue weighted by atomic mass is 15.1. The molecule has 0 bridgehead atoms. The van der Waals surface area contributed by atoms with Gasteiger partial charge in [0.25, 0.3) is 0 Å². The van der Waals surface area contributed by atoms with E-state index in [0.29, 0.717) is 0 Å². The molecular formula is C12H29N. The maximum Gasteiger partial charge on any atom is -0.00192 e. The van der Waals surface area contributed by atoms with E-state index in [1.165, 1.54) is 32.4 Å². The van der Waals surface area contributed by atoms with E-state index in [1.807, 2.05) is 27.7 Å². The molecular weight excluding hydrogens is 158 g/mol. The minimum atomic E-state index is 0.968. The second kappa shape index (κ2) is 12.0. The van der Waals surface area contributed by atoms with Crippen LogP contribution < -0.4 is 0 Å². The van der Waals surface area contributed by atoms with Gasteiger partial charge >= 0.3 is 0 Å². The SMILES string of the molecule is CC.CC.CC1CCCN(C)CC1. The molecule has 1 fully saturated rings. The van der Waals surface area contributed by atoms with Gasteiger partial charge in [-0.05, 0) is 45.3 Å². The zero-order valence-corrected chi connectivity index (χ0v) is 10.6. The summed E-state index contributed by atoms with van der Waals surface area (Å²) in [5.74, 6) is 0.968. The summed E-state index contributed by atoms with van der Waals surface area (Å²) in [6.07, 6.45) is 4.23. The molecule has 1 aliphatic heterocycles. The molecule has 0 N–H and O–H groups in total. The third-order valence-electron chi connectivity index (χ3n) is 2.24. The first kappa shape index (κ1) is 15.4. The monoisotopic (exact) mass is 187 g/mol. The Hall–Kier alpha value is -0.0400. The number of nitrogens with zero attached hydrogens (tertiary/aromatic N) is 1. The van der Waals surface area contributed by atoms with Gasteiger partial charge in [0.1, 0.15) is 0 Å². The van der Waals surface area contributed by atoms with Crippen LogP contribution in [0, 0.1) is 5.92 Å². The lowest BCUT2D eigenvalue weighted by atomic mass is 10.0. The Bertz CT molecular complexity index is 71.2. The van der Waals surface area contributed by atoms with Crippen LogP contribution in [0.15, 0.2) is 0 Å². The van der Waals surface area contributed by atoms with Crippen molar-refractivity contribution in [3.05, 3.63) is 0 Å². The number of likely N-dealkylation sites (tertiary alicyclic amines) is 1. The van der Waals surface area contributed by atoms with Gasteiger partial charge in [0, 0.05) is 0 Å². The lowest BCUT2D eigenvalue weighted by Gasteiger charge is -2.11. The number of rotatable bonds is 0. The van der Waals surface area contributed by atoms with Crippen molar-refractivity contribution < 1.29 is 0 Å². The minimum absolute atomic E-state index is 0.968. The molecule has 1 atom stereocenters. The quantitative estimate of drug-likeness (QED) is 0.558. The molecule has 0 aromatic heterocycles. The number of hydrogen-bond donors (Lipinski definition) is 0. The van der Waals surface area contributed by atoms with Gasteiger partial charge in [-0.1, -0.05) is 34.6 Å². The molecule has 0 radical (unpaired) electrons. The van der Waals surface area contributed by atoms with Crippen molar-refractivity contribution in [2.24, 2.45) is 5.92 Å². The van der Waals surface area contributed by atoms with Crippen LogP contribution in [0.2, 0.25) is 0 Å². The second-order valence-electron chi connectivity index (χ2n) is 3.34. The predicted molar refractivity (Wildman–Crippen MR) is 63.2 cm³/mol. The van der Waals surface area contributed by atoms with Gasteiger partial charge in [-0.3, -0.25) is 0 Å². The van der Waals surface area contributed by atoms with Gasteiger partial charge in [0.2, 0.25) is 0 Å². The average Bonchev–Trinajstić information content (AvgIpc) is 2.38. The summed E-state index contributed by atoms with van der Waals surface area (Å²) in [4.78, 5) is 2.43. The van der Waals surface area contributed by atoms with Gasteiger partial charge in [-0.15, -0.1) is 0 Å². The third-order valence-corrected chi connectivity index (χ3v) is 2.24. The fourth-order valence-electron chi connectivity index (χ4n) is 1.41. The van der Waals surface area contributed by atoms with Crippen LogP contribution in [0.25, 0.3) is 0 Å². The van der Waals surface area contributed by atoms with E-state index in [1.54, 1.807) is 0 Å². The molecule has 0 aliphatic carbocycles. The molecule has 1 aliphatic rings. The maximum absolute atomic E-state index is 2.43. The first-order valence-electron chi connectivity index (χ1n) is 5.97. The van der Waals surface area contributed by atoms with Gasteiger partial charge < -0.3 is 4.90 Å². The Kier molecular flexibility index (Phi) is 14.2. The van der Waals surface area contributed by atoms with Crippen molar-refractivity contribution in [2.45, 2.75) is 53.9 Å². The smallest absolute Gasteiger partial charge is 0.00192 e. The Labute approximate surface area is 85.5 Å². The van der Waals surface area contributed by atoms with Crippen LogP contribution in [-0.4, -0.2) is 25.0 Å². The highest BCUT2D eigenvalue weighted by molar-refractivity contribution is 4.63. The first-order valence-corrected chi connectivity index (χ1v) is 5.97. The van der Waals surface area contributed by atoms with Crippen LogP contribution in [0.3, 0.4) is 0 Å². The summed E-state index contributed by atoms with van der Waals surface area (Å²) < 4.78 is 0. The molecule has 82 valence electrons. The van der Waals surface area contributed by atoms with Crippen molar-refractivity contribution in [2.75, 3.05) is 20.1 Å². The molecule has 0 spiro atoms. The zero-order chi connectivity index (χ0) is 10.7. The molecule has 13 heavy (non-hydrogen) atoms. The standard InChI is InChI=1S/C8H17N.2C2H6/c1-8-4-3-6-9(2)7-5-8;2*1-2/h8H,3-7H2,1-2H3;2*1-2H3. The number of hydrogen-bond acceptors (Lipinski definition) is 1. The van der Waals surface area contributed by atoms with Gasteiger partial charge in [-0.2, -0.15) is 0 Å². The van der Waals surface area contributed by atoms with E-state index in [0.717, 1.165) is 5.92 Å². The highest BCUT2D eigenvalue weighted by Gasteiger charge is 2.09. The normalized spacial score (nSPS) is 23.1. The van der Waals surface area contributed by atoms with E-state index in [9.17, 15) is 0 Å². The summed E-state index contributed by atoms with van der Waals surface area (Å²) in [6, 6.07) is 0. The van der Waals surface area contributed by atoms with Crippen molar-refractivity contribution in [3.63, 3.8) is 0 Å². The Morgan fingerprint density at radius 2 is 1.46 bits per heavy atom. The van der Waals surface area contributed by atoms with Gasteiger partial charge in [-0.25, -0.2) is 0 Å². The predicted octanol–water partition coefficient (Wildman–Crippen LogP) is 3.79. The molecule has 1 heterocycles. The summed E-state index contributed by atoms with van der Waals surface area (Å²) in [5.41, 5.74) is 0. The van der Waals surface area contributed by atoms with Crippen LogP contribution in [0.1, 0.15) is 53.9 Å². The topological polar surface area (TPSA) is 3.24 Å². The van der Waals surface area contributed by atoms with Gasteiger partial charge in [0.15, 0.2) is 0 Å². The van der Waals surface area contributed by atoms with Crippen LogP contribution in [0.5, 0.6) is 0 Å². The van der Waals surface area contributed by atoms with Gasteiger partial charge in [0.05, 0.1) is 0 Å². The summed E-state index contributed by atoms with van der Waals surface area (Å²) >= 11 is 0. The van der Waals surface area contributed by atoms with Crippen molar-refractivity contribution in [1.82, 2.24) is 4.90 Å². The molecule has 0 aromatic rings. The first-order chi connectivity index (χ1) is 6.29. The van der Waals surface area contributed by atoms with Crippen molar-refractivity contribution >= 4 is 0 Å². The maximum atomic E-state index is 2.43. The van der Waals surface area contributed by atoms with E-state index in [4.69, 9.17) is 0 Å². The molecule has 1 rings (SSSR count). The van der Waals surface area contributed by atoms with E-state index >= 15 is 0 Å². The largest absolute Gasteiger partial charge is 0.306 e.